The molecule has 1 aliphatic carbocycles. The molecule has 0 amide bonds. The standard InChI is InChI=1S/C16H19NO3S/c1-21(19,20)12-7-8-16-14(11-12)13-5-2-3-6-15(13)17(16)9-4-10-18/h7-8,10-11H,2-6,9H2,1H3. The van der Waals surface area contributed by atoms with Crippen molar-refractivity contribution >= 4 is 27.0 Å². The molecule has 0 saturated carbocycles. The molecule has 0 saturated heterocycles. The van der Waals surface area contributed by atoms with Crippen molar-refractivity contribution in [1.29, 1.82) is 0 Å². The Morgan fingerprint density at radius 2 is 2.00 bits per heavy atom. The van der Waals surface area contributed by atoms with Crippen LogP contribution < -0.4 is 0 Å². The third-order valence-electron chi connectivity index (χ3n) is 4.25. The number of benzene rings is 1. The van der Waals surface area contributed by atoms with Crippen LogP contribution in [-0.4, -0.2) is 25.5 Å². The lowest BCUT2D eigenvalue weighted by molar-refractivity contribution is -0.108. The number of hydrogen-bond acceptors (Lipinski definition) is 3. The second kappa shape index (κ2) is 5.30. The maximum Gasteiger partial charge on any atom is 0.175 e. The Morgan fingerprint density at radius 3 is 2.71 bits per heavy atom. The quantitative estimate of drug-likeness (QED) is 0.816. The zero-order valence-corrected chi connectivity index (χ0v) is 12.9. The van der Waals surface area contributed by atoms with Gasteiger partial charge in [-0.2, -0.15) is 0 Å². The van der Waals surface area contributed by atoms with E-state index in [-0.39, 0.29) is 0 Å². The van der Waals surface area contributed by atoms with Crippen molar-refractivity contribution in [2.45, 2.75) is 43.5 Å². The highest BCUT2D eigenvalue weighted by molar-refractivity contribution is 7.90. The number of aromatic nitrogens is 1. The Kier molecular flexibility index (Phi) is 3.61. The fourth-order valence-electron chi connectivity index (χ4n) is 3.28. The molecule has 0 fully saturated rings. The minimum absolute atomic E-state index is 0.371. The van der Waals surface area contributed by atoms with Gasteiger partial charge in [0.15, 0.2) is 9.84 Å². The van der Waals surface area contributed by atoms with Crippen LogP contribution >= 0.6 is 0 Å². The molecular weight excluding hydrogens is 286 g/mol. The van der Waals surface area contributed by atoms with Crippen molar-refractivity contribution in [3.8, 4) is 0 Å². The monoisotopic (exact) mass is 305 g/mol. The van der Waals surface area contributed by atoms with E-state index in [4.69, 9.17) is 0 Å². The maximum atomic E-state index is 11.8. The largest absolute Gasteiger partial charge is 0.344 e. The average molecular weight is 305 g/mol. The van der Waals surface area contributed by atoms with E-state index in [0.717, 1.165) is 42.9 Å². The predicted molar refractivity (Wildman–Crippen MR) is 82.4 cm³/mol. The molecule has 5 heteroatoms. The molecule has 0 spiro atoms. The third kappa shape index (κ3) is 2.50. The summed E-state index contributed by atoms with van der Waals surface area (Å²) in [6.45, 7) is 0.674. The van der Waals surface area contributed by atoms with Crippen molar-refractivity contribution in [2.24, 2.45) is 0 Å². The van der Waals surface area contributed by atoms with Crippen LogP contribution in [0.15, 0.2) is 23.1 Å². The summed E-state index contributed by atoms with van der Waals surface area (Å²) >= 11 is 0. The lowest BCUT2D eigenvalue weighted by Crippen LogP contribution is -2.08. The van der Waals surface area contributed by atoms with Gasteiger partial charge >= 0.3 is 0 Å². The minimum atomic E-state index is -3.19. The highest BCUT2D eigenvalue weighted by Gasteiger charge is 2.21. The summed E-state index contributed by atoms with van der Waals surface area (Å²) in [5, 5.41) is 1.04. The van der Waals surface area contributed by atoms with E-state index in [2.05, 4.69) is 4.57 Å². The van der Waals surface area contributed by atoms with Crippen LogP contribution in [0.25, 0.3) is 10.9 Å². The van der Waals surface area contributed by atoms with Crippen LogP contribution in [0.4, 0.5) is 0 Å². The van der Waals surface area contributed by atoms with Gasteiger partial charge in [-0.3, -0.25) is 0 Å². The van der Waals surface area contributed by atoms with Crippen molar-refractivity contribution in [1.82, 2.24) is 4.57 Å². The summed E-state index contributed by atoms with van der Waals surface area (Å²) in [6, 6.07) is 5.35. The highest BCUT2D eigenvalue weighted by Crippen LogP contribution is 2.33. The fraction of sp³-hybridized carbons (Fsp3) is 0.438. The van der Waals surface area contributed by atoms with Gasteiger partial charge in [-0.1, -0.05) is 0 Å². The zero-order valence-electron chi connectivity index (χ0n) is 12.1. The van der Waals surface area contributed by atoms with Crippen molar-refractivity contribution in [3.05, 3.63) is 29.5 Å². The third-order valence-corrected chi connectivity index (χ3v) is 5.36. The Hall–Kier alpha value is -1.62. The number of carbonyl (C=O) groups excluding carboxylic acids is 1. The Balaban J connectivity index is 2.25. The summed E-state index contributed by atoms with van der Waals surface area (Å²) in [5.74, 6) is 0. The van der Waals surface area contributed by atoms with E-state index in [1.165, 1.54) is 17.5 Å². The lowest BCUT2D eigenvalue weighted by atomic mass is 9.95. The van der Waals surface area contributed by atoms with Crippen molar-refractivity contribution in [2.75, 3.05) is 6.26 Å². The Bertz CT molecular complexity index is 803. The molecule has 0 aliphatic heterocycles. The van der Waals surface area contributed by atoms with Gasteiger partial charge in [-0.25, -0.2) is 8.42 Å². The molecule has 0 unspecified atom stereocenters. The molecule has 21 heavy (non-hydrogen) atoms. The number of aryl methyl sites for hydroxylation is 2. The van der Waals surface area contributed by atoms with E-state index in [1.807, 2.05) is 6.07 Å². The number of rotatable bonds is 4. The van der Waals surface area contributed by atoms with Crippen molar-refractivity contribution < 1.29 is 13.2 Å². The summed E-state index contributed by atoms with van der Waals surface area (Å²) in [7, 11) is -3.19. The number of hydrogen-bond donors (Lipinski definition) is 0. The summed E-state index contributed by atoms with van der Waals surface area (Å²) in [4.78, 5) is 11.1. The smallest absolute Gasteiger partial charge is 0.175 e. The van der Waals surface area contributed by atoms with Gasteiger partial charge < -0.3 is 9.36 Å². The van der Waals surface area contributed by atoms with Gasteiger partial charge in [-0.05, 0) is 49.4 Å². The molecule has 112 valence electrons. The van der Waals surface area contributed by atoms with E-state index in [0.29, 0.717) is 17.9 Å². The Labute approximate surface area is 124 Å². The van der Waals surface area contributed by atoms with Crippen LogP contribution in [0.1, 0.15) is 30.5 Å². The van der Waals surface area contributed by atoms with Crippen molar-refractivity contribution in [3.63, 3.8) is 0 Å². The second-order valence-corrected chi connectivity index (χ2v) is 7.71. The first-order valence-electron chi connectivity index (χ1n) is 7.30. The second-order valence-electron chi connectivity index (χ2n) is 5.69. The van der Waals surface area contributed by atoms with E-state index < -0.39 is 9.84 Å². The molecule has 1 aromatic carbocycles. The van der Waals surface area contributed by atoms with Crippen LogP contribution in [-0.2, 0) is 34.0 Å². The van der Waals surface area contributed by atoms with Gasteiger partial charge in [0.1, 0.15) is 6.29 Å². The molecule has 3 rings (SSSR count). The molecule has 1 aromatic heterocycles. The van der Waals surface area contributed by atoms with E-state index >= 15 is 0 Å². The number of sulfone groups is 1. The topological polar surface area (TPSA) is 56.1 Å². The highest BCUT2D eigenvalue weighted by atomic mass is 32.2. The van der Waals surface area contributed by atoms with E-state index in [9.17, 15) is 13.2 Å². The van der Waals surface area contributed by atoms with Gasteiger partial charge in [0.25, 0.3) is 0 Å². The summed E-state index contributed by atoms with van der Waals surface area (Å²) in [5.41, 5.74) is 3.60. The van der Waals surface area contributed by atoms with Crippen LogP contribution in [0.3, 0.4) is 0 Å². The first kappa shape index (κ1) is 14.3. The molecule has 0 atom stereocenters. The van der Waals surface area contributed by atoms with Crippen LogP contribution in [0, 0.1) is 0 Å². The Morgan fingerprint density at radius 1 is 1.24 bits per heavy atom. The predicted octanol–water partition coefficient (Wildman–Crippen LogP) is 2.51. The molecule has 4 nitrogen and oxygen atoms in total. The molecule has 2 aromatic rings. The average Bonchev–Trinajstić information content (AvgIpc) is 2.78. The van der Waals surface area contributed by atoms with Gasteiger partial charge in [0.05, 0.1) is 4.90 Å². The molecular formula is C16H19NO3S. The van der Waals surface area contributed by atoms with Crippen LogP contribution in [0.5, 0.6) is 0 Å². The minimum Gasteiger partial charge on any atom is -0.344 e. The molecule has 0 bridgehead atoms. The van der Waals surface area contributed by atoms with Gasteiger partial charge in [0.2, 0.25) is 0 Å². The fourth-order valence-corrected chi connectivity index (χ4v) is 3.93. The molecule has 0 radical (unpaired) electrons. The number of nitrogens with zero attached hydrogens (tertiary/aromatic N) is 1. The van der Waals surface area contributed by atoms with Crippen LogP contribution in [0.2, 0.25) is 0 Å². The molecule has 0 N–H and O–H groups in total. The summed E-state index contributed by atoms with van der Waals surface area (Å²) in [6.07, 6.45) is 6.97. The maximum absolute atomic E-state index is 11.8. The summed E-state index contributed by atoms with van der Waals surface area (Å²) < 4.78 is 25.7. The SMILES string of the molecule is CS(=O)(=O)c1ccc2c(c1)c1c(n2CCC=O)CCCC1. The normalized spacial score (nSPS) is 15.1. The zero-order chi connectivity index (χ0) is 15.0. The number of aldehydes is 1. The van der Waals surface area contributed by atoms with E-state index in [1.54, 1.807) is 12.1 Å². The first-order chi connectivity index (χ1) is 10.0. The number of fused-ring (bicyclic) bond motifs is 3. The first-order valence-corrected chi connectivity index (χ1v) is 9.19. The number of carbonyl (C=O) groups is 1. The molecule has 1 aliphatic rings. The lowest BCUT2D eigenvalue weighted by Gasteiger charge is -2.15. The molecule has 1 heterocycles. The van der Waals surface area contributed by atoms with Gasteiger partial charge in [0, 0.05) is 35.8 Å². The van der Waals surface area contributed by atoms with Gasteiger partial charge in [-0.15, -0.1) is 0 Å².